The molecule has 0 saturated heterocycles. The molecule has 1 heterocycles. The number of hydrogen-bond acceptors (Lipinski definition) is 3. The van der Waals surface area contributed by atoms with E-state index >= 15 is 0 Å². The van der Waals surface area contributed by atoms with E-state index in [9.17, 15) is 4.79 Å². The van der Waals surface area contributed by atoms with Gasteiger partial charge in [-0.15, -0.1) is 0 Å². The fraction of sp³-hybridized carbons (Fsp3) is 0.357. The lowest BCUT2D eigenvalue weighted by Crippen LogP contribution is -2.01. The molecule has 2 N–H and O–H groups in total. The lowest BCUT2D eigenvalue weighted by atomic mass is 10.2. The minimum atomic E-state index is -0.139. The number of anilines is 1. The van der Waals surface area contributed by atoms with Crippen molar-refractivity contribution in [3.8, 4) is 0 Å². The number of esters is 1. The van der Waals surface area contributed by atoms with Crippen LogP contribution in [0, 0.1) is 0 Å². The minimum absolute atomic E-state index is 0.139. The maximum Gasteiger partial charge on any atom is 0.305 e. The van der Waals surface area contributed by atoms with Crippen LogP contribution < -0.4 is 5.73 Å². The van der Waals surface area contributed by atoms with Gasteiger partial charge >= 0.3 is 5.97 Å². The summed E-state index contributed by atoms with van der Waals surface area (Å²) in [6, 6.07) is 7.98. The van der Waals surface area contributed by atoms with E-state index in [4.69, 9.17) is 5.73 Å². The average molecular weight is 246 g/mol. The molecule has 0 amide bonds. The van der Waals surface area contributed by atoms with E-state index in [1.54, 1.807) is 0 Å². The molecule has 2 aromatic rings. The first-order chi connectivity index (χ1) is 8.70. The van der Waals surface area contributed by atoms with Gasteiger partial charge in [-0.25, -0.2) is 0 Å². The fourth-order valence-electron chi connectivity index (χ4n) is 2.07. The molecule has 0 atom stereocenters. The predicted octanol–water partition coefficient (Wildman–Crippen LogP) is 2.57. The number of benzene rings is 1. The minimum Gasteiger partial charge on any atom is -0.469 e. The Bertz CT molecular complexity index is 546. The van der Waals surface area contributed by atoms with Crippen LogP contribution >= 0.6 is 0 Å². The number of carbonyl (C=O) groups is 1. The number of aryl methyl sites for hydroxylation is 1. The van der Waals surface area contributed by atoms with E-state index in [1.807, 2.05) is 18.2 Å². The van der Waals surface area contributed by atoms with Crippen molar-refractivity contribution in [1.29, 1.82) is 0 Å². The highest BCUT2D eigenvalue weighted by atomic mass is 16.5. The van der Waals surface area contributed by atoms with E-state index in [1.165, 1.54) is 12.6 Å². The number of nitrogens with two attached hydrogens (primary N) is 1. The number of nitrogens with zero attached hydrogens (tertiary/aromatic N) is 1. The molecule has 4 heteroatoms. The lowest BCUT2D eigenvalue weighted by molar-refractivity contribution is -0.140. The standard InChI is InChI=1S/C14H18N2O2/c1-18-14(17)4-2-3-8-16-9-7-11-10-12(15)5-6-13(11)16/h5-7,9-10H,2-4,8,15H2,1H3. The summed E-state index contributed by atoms with van der Waals surface area (Å²) in [6.45, 7) is 0.907. The highest BCUT2D eigenvalue weighted by Crippen LogP contribution is 2.19. The summed E-state index contributed by atoms with van der Waals surface area (Å²) in [5, 5.41) is 1.16. The quantitative estimate of drug-likeness (QED) is 0.501. The molecule has 2 rings (SSSR count). The average Bonchev–Trinajstić information content (AvgIpc) is 2.76. The van der Waals surface area contributed by atoms with Gasteiger partial charge in [-0.05, 0) is 37.1 Å². The van der Waals surface area contributed by atoms with Crippen molar-refractivity contribution in [3.05, 3.63) is 30.5 Å². The van der Waals surface area contributed by atoms with Gasteiger partial charge in [0.05, 0.1) is 7.11 Å². The lowest BCUT2D eigenvalue weighted by Gasteiger charge is -2.05. The molecule has 0 aliphatic rings. The molecule has 0 unspecified atom stereocenters. The molecule has 0 fully saturated rings. The molecule has 0 bridgehead atoms. The van der Waals surface area contributed by atoms with Crippen molar-refractivity contribution in [1.82, 2.24) is 4.57 Å². The van der Waals surface area contributed by atoms with E-state index in [-0.39, 0.29) is 5.97 Å². The molecule has 96 valence electrons. The van der Waals surface area contributed by atoms with Crippen molar-refractivity contribution < 1.29 is 9.53 Å². The number of fused-ring (bicyclic) bond motifs is 1. The van der Waals surface area contributed by atoms with Gasteiger partial charge in [0, 0.05) is 35.8 Å². The van der Waals surface area contributed by atoms with Crippen LogP contribution in [0.1, 0.15) is 19.3 Å². The second kappa shape index (κ2) is 5.58. The second-order valence-corrected chi connectivity index (χ2v) is 4.36. The number of rotatable bonds is 5. The zero-order valence-corrected chi connectivity index (χ0v) is 10.6. The summed E-state index contributed by atoms with van der Waals surface area (Å²) in [4.78, 5) is 11.0. The fourth-order valence-corrected chi connectivity index (χ4v) is 2.07. The first-order valence-corrected chi connectivity index (χ1v) is 6.12. The van der Waals surface area contributed by atoms with Crippen LogP contribution in [0.4, 0.5) is 5.69 Å². The number of ether oxygens (including phenoxy) is 1. The molecule has 4 nitrogen and oxygen atoms in total. The van der Waals surface area contributed by atoms with Crippen LogP contribution in [-0.2, 0) is 16.1 Å². The first-order valence-electron chi connectivity index (χ1n) is 6.12. The van der Waals surface area contributed by atoms with E-state index in [0.717, 1.165) is 30.5 Å². The Labute approximate surface area is 106 Å². The third kappa shape index (κ3) is 2.83. The summed E-state index contributed by atoms with van der Waals surface area (Å²) in [6.07, 6.45) is 4.36. The number of nitrogen functional groups attached to an aromatic ring is 1. The summed E-state index contributed by atoms with van der Waals surface area (Å²) < 4.78 is 6.80. The molecular formula is C14H18N2O2. The zero-order valence-electron chi connectivity index (χ0n) is 10.6. The third-order valence-corrected chi connectivity index (χ3v) is 3.05. The number of carbonyl (C=O) groups excluding carboxylic acids is 1. The molecule has 0 radical (unpaired) electrons. The number of methoxy groups -OCH3 is 1. The Hall–Kier alpha value is -1.97. The van der Waals surface area contributed by atoms with Gasteiger partial charge in [-0.2, -0.15) is 0 Å². The highest BCUT2D eigenvalue weighted by Gasteiger charge is 2.03. The van der Waals surface area contributed by atoms with Gasteiger partial charge in [0.25, 0.3) is 0 Å². The molecule has 0 spiro atoms. The number of aromatic nitrogens is 1. The van der Waals surface area contributed by atoms with Crippen LogP contribution in [-0.4, -0.2) is 17.6 Å². The SMILES string of the molecule is COC(=O)CCCCn1ccc2cc(N)ccc21. The van der Waals surface area contributed by atoms with Crippen LogP contribution in [0.15, 0.2) is 30.5 Å². The Morgan fingerprint density at radius 3 is 2.94 bits per heavy atom. The van der Waals surface area contributed by atoms with Crippen molar-refractivity contribution in [2.75, 3.05) is 12.8 Å². The monoisotopic (exact) mass is 246 g/mol. The number of unbranched alkanes of at least 4 members (excludes halogenated alkanes) is 1. The van der Waals surface area contributed by atoms with Crippen LogP contribution in [0.3, 0.4) is 0 Å². The van der Waals surface area contributed by atoms with Crippen molar-refractivity contribution >= 4 is 22.6 Å². The number of hydrogen-bond donors (Lipinski definition) is 1. The van der Waals surface area contributed by atoms with Crippen molar-refractivity contribution in [2.24, 2.45) is 0 Å². The first kappa shape index (κ1) is 12.5. The van der Waals surface area contributed by atoms with Gasteiger partial charge in [-0.3, -0.25) is 4.79 Å². The van der Waals surface area contributed by atoms with Gasteiger partial charge in [0.2, 0.25) is 0 Å². The summed E-state index contributed by atoms with van der Waals surface area (Å²) in [5.41, 5.74) is 7.71. The van der Waals surface area contributed by atoms with Gasteiger partial charge in [-0.1, -0.05) is 0 Å². The summed E-state index contributed by atoms with van der Waals surface area (Å²) in [7, 11) is 1.42. The molecule has 0 aliphatic carbocycles. The maximum absolute atomic E-state index is 11.0. The Morgan fingerprint density at radius 1 is 1.33 bits per heavy atom. The van der Waals surface area contributed by atoms with E-state index in [2.05, 4.69) is 21.6 Å². The predicted molar refractivity (Wildman–Crippen MR) is 72.2 cm³/mol. The van der Waals surface area contributed by atoms with Gasteiger partial charge in [0.1, 0.15) is 0 Å². The topological polar surface area (TPSA) is 57.2 Å². The largest absolute Gasteiger partial charge is 0.469 e. The summed E-state index contributed by atoms with van der Waals surface area (Å²) >= 11 is 0. The molecule has 18 heavy (non-hydrogen) atoms. The van der Waals surface area contributed by atoms with Gasteiger partial charge < -0.3 is 15.0 Å². The highest BCUT2D eigenvalue weighted by molar-refractivity contribution is 5.83. The molecule has 1 aromatic heterocycles. The van der Waals surface area contributed by atoms with E-state index < -0.39 is 0 Å². The Kier molecular flexibility index (Phi) is 3.87. The molecular weight excluding hydrogens is 228 g/mol. The normalized spacial score (nSPS) is 10.7. The summed E-state index contributed by atoms with van der Waals surface area (Å²) in [5.74, 6) is -0.139. The molecule has 0 aliphatic heterocycles. The van der Waals surface area contributed by atoms with Crippen LogP contribution in [0.2, 0.25) is 0 Å². The molecule has 1 aromatic carbocycles. The zero-order chi connectivity index (χ0) is 13.0. The van der Waals surface area contributed by atoms with Crippen molar-refractivity contribution in [2.45, 2.75) is 25.8 Å². The van der Waals surface area contributed by atoms with E-state index in [0.29, 0.717) is 6.42 Å². The third-order valence-electron chi connectivity index (χ3n) is 3.05. The van der Waals surface area contributed by atoms with Crippen molar-refractivity contribution in [3.63, 3.8) is 0 Å². The second-order valence-electron chi connectivity index (χ2n) is 4.36. The Morgan fingerprint density at radius 2 is 2.17 bits per heavy atom. The Balaban J connectivity index is 1.94. The smallest absolute Gasteiger partial charge is 0.305 e. The van der Waals surface area contributed by atoms with Gasteiger partial charge in [0.15, 0.2) is 0 Å². The maximum atomic E-state index is 11.0. The van der Waals surface area contributed by atoms with Crippen LogP contribution in [0.5, 0.6) is 0 Å². The van der Waals surface area contributed by atoms with Crippen LogP contribution in [0.25, 0.3) is 10.9 Å². The molecule has 0 saturated carbocycles.